The lowest BCUT2D eigenvalue weighted by Crippen LogP contribution is -2.09. The summed E-state index contributed by atoms with van der Waals surface area (Å²) in [6.45, 7) is 5.90. The minimum atomic E-state index is -2.10. The van der Waals surface area contributed by atoms with Crippen molar-refractivity contribution in [2.24, 2.45) is 0 Å². The number of hydrogen-bond acceptors (Lipinski definition) is 3. The minimum Gasteiger partial charge on any atom is -0.359 e. The van der Waals surface area contributed by atoms with Gasteiger partial charge in [-0.2, -0.15) is 0 Å². The summed E-state index contributed by atoms with van der Waals surface area (Å²) in [5.74, 6) is 0.936. The van der Waals surface area contributed by atoms with Crippen LogP contribution in [0.2, 0.25) is 0 Å². The van der Waals surface area contributed by atoms with Gasteiger partial charge in [0, 0.05) is 11.5 Å². The van der Waals surface area contributed by atoms with Crippen molar-refractivity contribution in [2.45, 2.75) is 26.2 Å². The molecule has 0 aliphatic rings. The molecule has 1 aromatic rings. The van der Waals surface area contributed by atoms with Crippen LogP contribution < -0.4 is 4.72 Å². The fourth-order valence-electron chi connectivity index (χ4n) is 0.766. The summed E-state index contributed by atoms with van der Waals surface area (Å²) in [6.07, 6.45) is 0. The van der Waals surface area contributed by atoms with E-state index in [2.05, 4.69) is 9.88 Å². The van der Waals surface area contributed by atoms with Gasteiger partial charge >= 0.3 is 0 Å². The first-order valence-electron chi connectivity index (χ1n) is 3.74. The highest BCUT2D eigenvalue weighted by molar-refractivity contribution is 7.80. The van der Waals surface area contributed by atoms with Crippen LogP contribution in [0.5, 0.6) is 0 Å². The van der Waals surface area contributed by atoms with E-state index in [4.69, 9.17) is 9.08 Å². The van der Waals surface area contributed by atoms with Gasteiger partial charge in [0.25, 0.3) is 11.3 Å². The Morgan fingerprint density at radius 2 is 2.23 bits per heavy atom. The zero-order chi connectivity index (χ0) is 10.1. The Morgan fingerprint density at radius 3 is 2.62 bits per heavy atom. The Balaban J connectivity index is 2.81. The number of rotatable bonds is 2. The van der Waals surface area contributed by atoms with E-state index in [1.807, 2.05) is 20.8 Å². The van der Waals surface area contributed by atoms with E-state index in [1.54, 1.807) is 6.07 Å². The molecular formula is C7H12N2O3S. The van der Waals surface area contributed by atoms with Crippen molar-refractivity contribution in [2.75, 3.05) is 4.72 Å². The normalized spacial score (nSPS) is 14.2. The van der Waals surface area contributed by atoms with Crippen molar-refractivity contribution in [1.29, 1.82) is 0 Å². The quantitative estimate of drug-likeness (QED) is 0.716. The zero-order valence-corrected chi connectivity index (χ0v) is 8.51. The van der Waals surface area contributed by atoms with Crippen molar-refractivity contribution in [3.63, 3.8) is 0 Å². The first-order valence-corrected chi connectivity index (χ1v) is 4.85. The fraction of sp³-hybridized carbons (Fsp3) is 0.571. The van der Waals surface area contributed by atoms with Crippen LogP contribution in [0, 0.1) is 0 Å². The van der Waals surface area contributed by atoms with Crippen molar-refractivity contribution >= 4 is 17.1 Å². The third-order valence-electron chi connectivity index (χ3n) is 1.44. The molecule has 74 valence electrons. The fourth-order valence-corrected chi connectivity index (χ4v) is 1.04. The highest BCUT2D eigenvalue weighted by Crippen LogP contribution is 2.24. The number of nitrogens with one attached hydrogen (secondary N) is 1. The van der Waals surface area contributed by atoms with Crippen molar-refractivity contribution in [3.8, 4) is 0 Å². The smallest absolute Gasteiger partial charge is 0.260 e. The van der Waals surface area contributed by atoms with Gasteiger partial charge in [0.2, 0.25) is 0 Å². The molecule has 0 aliphatic carbocycles. The summed E-state index contributed by atoms with van der Waals surface area (Å²) >= 11 is -2.10. The first-order chi connectivity index (χ1) is 5.89. The number of anilines is 1. The molecule has 5 nitrogen and oxygen atoms in total. The maximum atomic E-state index is 10.3. The Bertz CT molecular complexity index is 316. The van der Waals surface area contributed by atoms with Gasteiger partial charge in [0.15, 0.2) is 5.82 Å². The van der Waals surface area contributed by atoms with Crippen LogP contribution in [0.3, 0.4) is 0 Å². The molecule has 0 spiro atoms. The van der Waals surface area contributed by atoms with E-state index in [9.17, 15) is 4.21 Å². The lowest BCUT2D eigenvalue weighted by Gasteiger charge is -2.11. The highest BCUT2D eigenvalue weighted by atomic mass is 32.2. The second-order valence-electron chi connectivity index (χ2n) is 3.68. The summed E-state index contributed by atoms with van der Waals surface area (Å²) in [4.78, 5) is 0. The van der Waals surface area contributed by atoms with Crippen molar-refractivity contribution in [3.05, 3.63) is 11.8 Å². The predicted octanol–water partition coefficient (Wildman–Crippen LogP) is 1.52. The van der Waals surface area contributed by atoms with Crippen molar-refractivity contribution < 1.29 is 13.3 Å². The van der Waals surface area contributed by atoms with Gasteiger partial charge in [-0.25, -0.2) is 4.21 Å². The molecule has 0 saturated carbocycles. The molecule has 1 unspecified atom stereocenters. The average molecular weight is 204 g/mol. The molecule has 13 heavy (non-hydrogen) atoms. The third kappa shape index (κ3) is 2.82. The molecule has 0 saturated heterocycles. The molecule has 0 amide bonds. The van der Waals surface area contributed by atoms with Crippen LogP contribution in [0.4, 0.5) is 5.82 Å². The lowest BCUT2D eigenvalue weighted by atomic mass is 9.93. The maximum absolute atomic E-state index is 10.3. The summed E-state index contributed by atoms with van der Waals surface area (Å²) in [5.41, 5.74) is -0.149. The Kier molecular flexibility index (Phi) is 2.72. The standard InChI is InChI=1S/C7H12N2O3S/c1-7(2,3)5-4-6(8-12-5)9-13(10)11/h4H,1-3H3,(H,8,9)(H,10,11). The largest absolute Gasteiger partial charge is 0.359 e. The molecule has 0 aliphatic heterocycles. The average Bonchev–Trinajstić information content (AvgIpc) is 2.32. The molecule has 1 aromatic heterocycles. The topological polar surface area (TPSA) is 75.4 Å². The number of hydrogen-bond donors (Lipinski definition) is 2. The second kappa shape index (κ2) is 3.47. The maximum Gasteiger partial charge on any atom is 0.260 e. The van der Waals surface area contributed by atoms with Crippen LogP contribution in [-0.2, 0) is 16.7 Å². The summed E-state index contributed by atoms with van der Waals surface area (Å²) in [6, 6.07) is 1.61. The third-order valence-corrected chi connectivity index (χ3v) is 1.82. The van der Waals surface area contributed by atoms with Crippen LogP contribution in [0.15, 0.2) is 10.6 Å². The molecular weight excluding hydrogens is 192 g/mol. The van der Waals surface area contributed by atoms with E-state index in [0.29, 0.717) is 5.76 Å². The number of aromatic nitrogens is 1. The van der Waals surface area contributed by atoms with E-state index < -0.39 is 11.3 Å². The molecule has 6 heteroatoms. The Morgan fingerprint density at radius 1 is 1.62 bits per heavy atom. The van der Waals surface area contributed by atoms with Gasteiger partial charge in [-0.05, 0) is 0 Å². The van der Waals surface area contributed by atoms with E-state index >= 15 is 0 Å². The predicted molar refractivity (Wildman–Crippen MR) is 49.6 cm³/mol. The highest BCUT2D eigenvalue weighted by Gasteiger charge is 2.19. The SMILES string of the molecule is CC(C)(C)c1cc(NS(=O)O)no1. The monoisotopic (exact) mass is 204 g/mol. The first kappa shape index (κ1) is 10.2. The van der Waals surface area contributed by atoms with Crippen LogP contribution in [0.1, 0.15) is 26.5 Å². The minimum absolute atomic E-state index is 0.149. The summed E-state index contributed by atoms with van der Waals surface area (Å²) < 4.78 is 26.0. The van der Waals surface area contributed by atoms with Crippen molar-refractivity contribution in [1.82, 2.24) is 5.16 Å². The van der Waals surface area contributed by atoms with Gasteiger partial charge in [0.05, 0.1) is 0 Å². The molecule has 0 bridgehead atoms. The van der Waals surface area contributed by atoms with Gasteiger partial charge < -0.3 is 4.52 Å². The van der Waals surface area contributed by atoms with Gasteiger partial charge in [0.1, 0.15) is 5.76 Å². The Hall–Kier alpha value is -0.880. The van der Waals surface area contributed by atoms with Gasteiger partial charge in [-0.1, -0.05) is 25.9 Å². The van der Waals surface area contributed by atoms with Crippen LogP contribution >= 0.6 is 0 Å². The molecule has 0 aromatic carbocycles. The van der Waals surface area contributed by atoms with E-state index in [0.717, 1.165) is 0 Å². The van der Waals surface area contributed by atoms with Gasteiger partial charge in [-0.15, -0.1) is 0 Å². The summed E-state index contributed by atoms with van der Waals surface area (Å²) in [7, 11) is 0. The van der Waals surface area contributed by atoms with E-state index in [-0.39, 0.29) is 11.2 Å². The molecule has 2 N–H and O–H groups in total. The van der Waals surface area contributed by atoms with Crippen LogP contribution in [-0.4, -0.2) is 13.9 Å². The molecule has 0 radical (unpaired) electrons. The Labute approximate surface area is 78.9 Å². The summed E-state index contributed by atoms with van der Waals surface area (Å²) in [5, 5.41) is 3.58. The molecule has 0 fully saturated rings. The zero-order valence-electron chi connectivity index (χ0n) is 7.70. The number of nitrogens with zero attached hydrogens (tertiary/aromatic N) is 1. The lowest BCUT2D eigenvalue weighted by molar-refractivity contribution is 0.331. The van der Waals surface area contributed by atoms with E-state index in [1.165, 1.54) is 0 Å². The second-order valence-corrected chi connectivity index (χ2v) is 4.38. The van der Waals surface area contributed by atoms with Gasteiger partial charge in [-0.3, -0.25) is 9.27 Å². The molecule has 1 heterocycles. The molecule has 1 rings (SSSR count). The van der Waals surface area contributed by atoms with Crippen LogP contribution in [0.25, 0.3) is 0 Å². The molecule has 1 atom stereocenters.